The maximum Gasteiger partial charge on any atom is 0.0406 e. The largest absolute Gasteiger partial charge is 0.313 e. The molecule has 1 aromatic rings. The third-order valence-corrected chi connectivity index (χ3v) is 4.53. The normalized spacial score (nSPS) is 21.1. The number of halogens is 1. The second-order valence-corrected chi connectivity index (χ2v) is 6.31. The van der Waals surface area contributed by atoms with Gasteiger partial charge in [-0.3, -0.25) is 4.90 Å². The summed E-state index contributed by atoms with van der Waals surface area (Å²) >= 11 is 5.99. The van der Waals surface area contributed by atoms with Gasteiger partial charge in [-0.25, -0.2) is 0 Å². The second-order valence-electron chi connectivity index (χ2n) is 5.87. The molecule has 0 saturated carbocycles. The summed E-state index contributed by atoms with van der Waals surface area (Å²) in [5, 5.41) is 4.48. The van der Waals surface area contributed by atoms with E-state index >= 15 is 0 Å². The Labute approximate surface area is 128 Å². The molecule has 0 amide bonds. The van der Waals surface area contributed by atoms with Crippen LogP contribution in [0.3, 0.4) is 0 Å². The first-order valence-corrected chi connectivity index (χ1v) is 8.31. The molecule has 1 aliphatic heterocycles. The predicted octanol–water partition coefficient (Wildman–Crippen LogP) is 4.26. The first kappa shape index (κ1) is 15.8. The minimum absolute atomic E-state index is 0.455. The van der Waals surface area contributed by atoms with Gasteiger partial charge in [-0.15, -0.1) is 0 Å². The molecule has 3 heteroatoms. The lowest BCUT2D eigenvalue weighted by Crippen LogP contribution is -2.44. The van der Waals surface area contributed by atoms with Crippen LogP contribution in [0.5, 0.6) is 0 Å². The topological polar surface area (TPSA) is 15.3 Å². The minimum atomic E-state index is 0.455. The van der Waals surface area contributed by atoms with Crippen LogP contribution in [0.15, 0.2) is 24.3 Å². The molecule has 2 atom stereocenters. The SMILES string of the molecule is CCCN(CC1CCCCN1)C(C)c1ccc(Cl)cc1. The molecule has 1 heterocycles. The van der Waals surface area contributed by atoms with Crippen LogP contribution in [0.25, 0.3) is 0 Å². The van der Waals surface area contributed by atoms with E-state index < -0.39 is 0 Å². The van der Waals surface area contributed by atoms with Crippen LogP contribution in [0, 0.1) is 0 Å². The summed E-state index contributed by atoms with van der Waals surface area (Å²) in [4.78, 5) is 2.60. The molecular weight excluding hydrogens is 268 g/mol. The lowest BCUT2D eigenvalue weighted by Gasteiger charge is -2.34. The van der Waals surface area contributed by atoms with Gasteiger partial charge in [-0.05, 0) is 57.0 Å². The third-order valence-electron chi connectivity index (χ3n) is 4.28. The van der Waals surface area contributed by atoms with Crippen LogP contribution >= 0.6 is 11.6 Å². The quantitative estimate of drug-likeness (QED) is 0.843. The number of hydrogen-bond acceptors (Lipinski definition) is 2. The maximum atomic E-state index is 5.99. The van der Waals surface area contributed by atoms with Crippen molar-refractivity contribution in [1.29, 1.82) is 0 Å². The summed E-state index contributed by atoms with van der Waals surface area (Å²) in [6.07, 6.45) is 5.21. The fraction of sp³-hybridized carbons (Fsp3) is 0.647. The standard InChI is InChI=1S/C17H27ClN2/c1-3-12-20(13-17-6-4-5-11-19-17)14(2)15-7-9-16(18)10-8-15/h7-10,14,17,19H,3-6,11-13H2,1-2H3. The second kappa shape index (κ2) is 8.02. The number of benzene rings is 1. The highest BCUT2D eigenvalue weighted by Crippen LogP contribution is 2.23. The Morgan fingerprint density at radius 1 is 1.30 bits per heavy atom. The average Bonchev–Trinajstić information content (AvgIpc) is 2.48. The highest BCUT2D eigenvalue weighted by atomic mass is 35.5. The molecule has 20 heavy (non-hydrogen) atoms. The van der Waals surface area contributed by atoms with Gasteiger partial charge in [0.25, 0.3) is 0 Å². The monoisotopic (exact) mass is 294 g/mol. The maximum absolute atomic E-state index is 5.99. The smallest absolute Gasteiger partial charge is 0.0406 e. The van der Waals surface area contributed by atoms with Gasteiger partial charge < -0.3 is 5.32 Å². The molecule has 1 N–H and O–H groups in total. The van der Waals surface area contributed by atoms with Crippen molar-refractivity contribution in [3.05, 3.63) is 34.9 Å². The molecule has 1 fully saturated rings. The van der Waals surface area contributed by atoms with Crippen molar-refractivity contribution in [2.24, 2.45) is 0 Å². The molecule has 1 aromatic carbocycles. The molecule has 2 rings (SSSR count). The van der Waals surface area contributed by atoms with E-state index in [1.807, 2.05) is 12.1 Å². The van der Waals surface area contributed by atoms with Crippen LogP contribution in [0.4, 0.5) is 0 Å². The zero-order valence-corrected chi connectivity index (χ0v) is 13.5. The average molecular weight is 295 g/mol. The number of nitrogens with zero attached hydrogens (tertiary/aromatic N) is 1. The van der Waals surface area contributed by atoms with Crippen molar-refractivity contribution in [1.82, 2.24) is 10.2 Å². The Kier molecular flexibility index (Phi) is 6.34. The Morgan fingerprint density at radius 2 is 2.05 bits per heavy atom. The molecule has 0 spiro atoms. The van der Waals surface area contributed by atoms with Crippen molar-refractivity contribution >= 4 is 11.6 Å². The van der Waals surface area contributed by atoms with E-state index in [2.05, 4.69) is 36.2 Å². The van der Waals surface area contributed by atoms with Gasteiger partial charge in [-0.1, -0.05) is 37.1 Å². The predicted molar refractivity (Wildman–Crippen MR) is 87.4 cm³/mol. The first-order valence-electron chi connectivity index (χ1n) is 7.93. The van der Waals surface area contributed by atoms with Gasteiger partial charge in [0.15, 0.2) is 0 Å². The lowest BCUT2D eigenvalue weighted by atomic mass is 10.0. The summed E-state index contributed by atoms with van der Waals surface area (Å²) in [5.74, 6) is 0. The molecule has 1 saturated heterocycles. The molecule has 0 aliphatic carbocycles. The molecule has 2 nitrogen and oxygen atoms in total. The van der Waals surface area contributed by atoms with E-state index in [0.29, 0.717) is 12.1 Å². The van der Waals surface area contributed by atoms with E-state index in [4.69, 9.17) is 11.6 Å². The van der Waals surface area contributed by atoms with Crippen LogP contribution in [-0.4, -0.2) is 30.6 Å². The fourth-order valence-electron chi connectivity index (χ4n) is 3.05. The van der Waals surface area contributed by atoms with Gasteiger partial charge in [0.05, 0.1) is 0 Å². The van der Waals surface area contributed by atoms with E-state index in [1.165, 1.54) is 37.8 Å². The Balaban J connectivity index is 2.00. The van der Waals surface area contributed by atoms with Crippen molar-refractivity contribution in [2.75, 3.05) is 19.6 Å². The number of rotatable bonds is 6. The van der Waals surface area contributed by atoms with Gasteiger partial charge >= 0.3 is 0 Å². The zero-order valence-electron chi connectivity index (χ0n) is 12.7. The molecule has 0 bridgehead atoms. The van der Waals surface area contributed by atoms with Crippen molar-refractivity contribution in [3.63, 3.8) is 0 Å². The summed E-state index contributed by atoms with van der Waals surface area (Å²) in [7, 11) is 0. The Hall–Kier alpha value is -0.570. The van der Waals surface area contributed by atoms with Gasteiger partial charge in [0, 0.05) is 23.7 Å². The van der Waals surface area contributed by atoms with E-state index in [0.717, 1.165) is 18.1 Å². The molecule has 2 unspecified atom stereocenters. The Bertz CT molecular complexity index is 384. The molecule has 1 aliphatic rings. The van der Waals surface area contributed by atoms with Crippen LogP contribution in [0.1, 0.15) is 51.1 Å². The fourth-order valence-corrected chi connectivity index (χ4v) is 3.17. The van der Waals surface area contributed by atoms with Crippen LogP contribution in [-0.2, 0) is 0 Å². The summed E-state index contributed by atoms with van der Waals surface area (Å²) in [6.45, 7) is 8.05. The number of hydrogen-bond donors (Lipinski definition) is 1. The zero-order chi connectivity index (χ0) is 14.4. The van der Waals surface area contributed by atoms with Crippen molar-refractivity contribution in [2.45, 2.75) is 51.6 Å². The summed E-state index contributed by atoms with van der Waals surface area (Å²) in [6, 6.07) is 9.42. The Morgan fingerprint density at radius 3 is 2.65 bits per heavy atom. The highest BCUT2D eigenvalue weighted by Gasteiger charge is 2.20. The summed E-state index contributed by atoms with van der Waals surface area (Å²) < 4.78 is 0. The highest BCUT2D eigenvalue weighted by molar-refractivity contribution is 6.30. The lowest BCUT2D eigenvalue weighted by molar-refractivity contribution is 0.176. The first-order chi connectivity index (χ1) is 9.70. The van der Waals surface area contributed by atoms with Crippen LogP contribution in [0.2, 0.25) is 5.02 Å². The van der Waals surface area contributed by atoms with Crippen molar-refractivity contribution < 1.29 is 0 Å². The van der Waals surface area contributed by atoms with Crippen molar-refractivity contribution in [3.8, 4) is 0 Å². The molecular formula is C17H27ClN2. The third kappa shape index (κ3) is 4.47. The van der Waals surface area contributed by atoms with E-state index in [-0.39, 0.29) is 0 Å². The van der Waals surface area contributed by atoms with Gasteiger partial charge in [0.2, 0.25) is 0 Å². The summed E-state index contributed by atoms with van der Waals surface area (Å²) in [5.41, 5.74) is 1.36. The van der Waals surface area contributed by atoms with Crippen LogP contribution < -0.4 is 5.32 Å². The van der Waals surface area contributed by atoms with Gasteiger partial charge in [0.1, 0.15) is 0 Å². The minimum Gasteiger partial charge on any atom is -0.313 e. The van der Waals surface area contributed by atoms with Gasteiger partial charge in [-0.2, -0.15) is 0 Å². The number of piperidine rings is 1. The van der Waals surface area contributed by atoms with E-state index in [1.54, 1.807) is 0 Å². The molecule has 112 valence electrons. The molecule has 0 radical (unpaired) electrons. The number of nitrogens with one attached hydrogen (secondary N) is 1. The molecule has 0 aromatic heterocycles. The van der Waals surface area contributed by atoms with E-state index in [9.17, 15) is 0 Å².